The number of nitrogens with one attached hydrogen (secondary N) is 1. The molecular weight excluding hydrogens is 354 g/mol. The van der Waals surface area contributed by atoms with Crippen LogP contribution in [0.25, 0.3) is 0 Å². The molecule has 2 aromatic rings. The molecule has 0 saturated heterocycles. The Morgan fingerprint density at radius 1 is 1.23 bits per heavy atom. The highest BCUT2D eigenvalue weighted by Crippen LogP contribution is 2.28. The van der Waals surface area contributed by atoms with Gasteiger partial charge in [-0.1, -0.05) is 31.4 Å². The van der Waals surface area contributed by atoms with Crippen LogP contribution in [-0.4, -0.2) is 34.5 Å². The average Bonchev–Trinajstić information content (AvgIpc) is 3.02. The highest BCUT2D eigenvalue weighted by Gasteiger charge is 2.24. The molecule has 1 amide bonds. The van der Waals surface area contributed by atoms with Crippen LogP contribution in [0.3, 0.4) is 0 Å². The summed E-state index contributed by atoms with van der Waals surface area (Å²) in [5.74, 6) is -0.120. The minimum Gasteiger partial charge on any atom is -0.326 e. The van der Waals surface area contributed by atoms with Gasteiger partial charge in [0.1, 0.15) is 5.75 Å². The number of carbonyl (C=O) groups is 1. The van der Waals surface area contributed by atoms with E-state index in [9.17, 15) is 13.2 Å². The summed E-state index contributed by atoms with van der Waals surface area (Å²) in [4.78, 5) is 11.2. The van der Waals surface area contributed by atoms with Crippen molar-refractivity contribution in [2.24, 2.45) is 0 Å². The van der Waals surface area contributed by atoms with Crippen LogP contribution in [0.2, 0.25) is 0 Å². The van der Waals surface area contributed by atoms with E-state index in [0.29, 0.717) is 17.1 Å². The fraction of sp³-hybridized carbons (Fsp3) is 0.529. The number of hydrogen-bond donors (Lipinski definition) is 1. The molecule has 140 valence electrons. The normalized spacial score (nSPS) is 15.7. The van der Waals surface area contributed by atoms with Crippen molar-refractivity contribution in [1.82, 2.24) is 20.2 Å². The van der Waals surface area contributed by atoms with Crippen LogP contribution < -0.4 is 5.32 Å². The molecule has 0 unspecified atom stereocenters. The summed E-state index contributed by atoms with van der Waals surface area (Å²) in [6.45, 7) is 1.41. The second-order valence-corrected chi connectivity index (χ2v) is 8.81. The minimum absolute atomic E-state index is 0.127. The van der Waals surface area contributed by atoms with Crippen molar-refractivity contribution >= 4 is 21.4 Å². The number of sulfone groups is 1. The number of carbonyl (C=O) groups excluding carboxylic acids is 1. The molecule has 1 heterocycles. The third-order valence-corrected chi connectivity index (χ3v) is 5.94. The zero-order valence-corrected chi connectivity index (χ0v) is 15.6. The summed E-state index contributed by atoms with van der Waals surface area (Å²) in [6.07, 6.45) is 5.41. The van der Waals surface area contributed by atoms with Gasteiger partial charge in [0.2, 0.25) is 5.91 Å². The van der Waals surface area contributed by atoms with Crippen molar-refractivity contribution in [2.45, 2.75) is 56.6 Å². The minimum atomic E-state index is -3.44. The number of amides is 1. The summed E-state index contributed by atoms with van der Waals surface area (Å²) in [7, 11) is -3.44. The number of hydrogen-bond acceptors (Lipinski definition) is 6. The van der Waals surface area contributed by atoms with Crippen molar-refractivity contribution < 1.29 is 13.2 Å². The second kappa shape index (κ2) is 7.94. The Morgan fingerprint density at radius 2 is 2.00 bits per heavy atom. The maximum absolute atomic E-state index is 12.6. The predicted octanol–water partition coefficient (Wildman–Crippen LogP) is 2.25. The largest absolute Gasteiger partial charge is 0.326 e. The van der Waals surface area contributed by atoms with Crippen molar-refractivity contribution in [2.75, 3.05) is 5.32 Å². The number of nitrogens with zero attached hydrogens (tertiary/aromatic N) is 4. The van der Waals surface area contributed by atoms with Crippen LogP contribution in [-0.2, 0) is 26.1 Å². The molecule has 9 heteroatoms. The predicted molar refractivity (Wildman–Crippen MR) is 97.0 cm³/mol. The number of aromatic nitrogens is 4. The zero-order valence-electron chi connectivity index (χ0n) is 14.8. The van der Waals surface area contributed by atoms with Crippen molar-refractivity contribution in [3.63, 3.8) is 0 Å². The fourth-order valence-corrected chi connectivity index (χ4v) is 4.73. The monoisotopic (exact) mass is 377 g/mol. The standard InChI is InChI=1S/C17H23N5O3S/c1-13(23)18-15-7-5-6-14(10-15)11-26(24,25)12-17-19-20-21-22(17)16-8-3-2-4-9-16/h5-7,10,16H,2-4,8-9,11-12H2,1H3,(H,18,23). The van der Waals surface area contributed by atoms with Crippen LogP contribution in [0, 0.1) is 0 Å². The third kappa shape index (κ3) is 4.87. The fourth-order valence-electron chi connectivity index (χ4n) is 3.36. The molecule has 1 aliphatic rings. The van der Waals surface area contributed by atoms with E-state index in [1.165, 1.54) is 13.3 Å². The van der Waals surface area contributed by atoms with E-state index in [-0.39, 0.29) is 23.5 Å². The van der Waals surface area contributed by atoms with E-state index in [1.54, 1.807) is 28.9 Å². The molecule has 26 heavy (non-hydrogen) atoms. The molecule has 3 rings (SSSR count). The van der Waals surface area contributed by atoms with Gasteiger partial charge in [-0.15, -0.1) is 5.10 Å². The van der Waals surface area contributed by atoms with Gasteiger partial charge in [-0.05, 0) is 41.0 Å². The Kier molecular flexibility index (Phi) is 5.65. The maximum atomic E-state index is 12.6. The molecule has 0 aliphatic heterocycles. The van der Waals surface area contributed by atoms with Gasteiger partial charge in [0.25, 0.3) is 0 Å². The quantitative estimate of drug-likeness (QED) is 0.827. The molecule has 1 saturated carbocycles. The summed E-state index contributed by atoms with van der Waals surface area (Å²) in [5.41, 5.74) is 1.20. The summed E-state index contributed by atoms with van der Waals surface area (Å²) in [5, 5.41) is 14.3. The number of rotatable bonds is 6. The number of anilines is 1. The third-order valence-electron chi connectivity index (χ3n) is 4.46. The molecule has 1 aromatic heterocycles. The van der Waals surface area contributed by atoms with E-state index in [0.717, 1.165) is 25.7 Å². The molecule has 1 aromatic carbocycles. The van der Waals surface area contributed by atoms with E-state index in [1.807, 2.05) is 0 Å². The first kappa shape index (κ1) is 18.5. The van der Waals surface area contributed by atoms with Gasteiger partial charge in [-0.25, -0.2) is 13.1 Å². The molecule has 1 N–H and O–H groups in total. The van der Waals surface area contributed by atoms with E-state index in [4.69, 9.17) is 0 Å². The Labute approximate surface area is 152 Å². The molecular formula is C17H23N5O3S. The van der Waals surface area contributed by atoms with Gasteiger partial charge >= 0.3 is 0 Å². The van der Waals surface area contributed by atoms with Crippen molar-refractivity contribution in [1.29, 1.82) is 0 Å². The number of benzene rings is 1. The molecule has 1 aliphatic carbocycles. The molecule has 0 atom stereocenters. The molecule has 0 bridgehead atoms. The van der Waals surface area contributed by atoms with Crippen LogP contribution >= 0.6 is 0 Å². The SMILES string of the molecule is CC(=O)Nc1cccc(CS(=O)(=O)Cc2nnnn2C2CCCCC2)c1. The van der Waals surface area contributed by atoms with Crippen LogP contribution in [0.1, 0.15) is 56.5 Å². The lowest BCUT2D eigenvalue weighted by molar-refractivity contribution is -0.114. The van der Waals surface area contributed by atoms with Gasteiger partial charge in [0.05, 0.1) is 11.8 Å². The molecule has 1 fully saturated rings. The second-order valence-electron chi connectivity index (χ2n) is 6.75. The van der Waals surface area contributed by atoms with Gasteiger partial charge in [-0.2, -0.15) is 0 Å². The van der Waals surface area contributed by atoms with E-state index < -0.39 is 9.84 Å². The Bertz CT molecular complexity index is 872. The first-order valence-electron chi connectivity index (χ1n) is 8.77. The molecule has 0 radical (unpaired) electrons. The Hall–Kier alpha value is -2.29. The lowest BCUT2D eigenvalue weighted by Crippen LogP contribution is -2.19. The van der Waals surface area contributed by atoms with Gasteiger partial charge in [-0.3, -0.25) is 4.79 Å². The molecule has 8 nitrogen and oxygen atoms in total. The van der Waals surface area contributed by atoms with E-state index in [2.05, 4.69) is 20.8 Å². The Morgan fingerprint density at radius 3 is 2.73 bits per heavy atom. The smallest absolute Gasteiger partial charge is 0.221 e. The lowest BCUT2D eigenvalue weighted by atomic mass is 9.96. The summed E-state index contributed by atoms with van der Waals surface area (Å²) in [6, 6.07) is 7.03. The van der Waals surface area contributed by atoms with Crippen LogP contribution in [0.4, 0.5) is 5.69 Å². The maximum Gasteiger partial charge on any atom is 0.221 e. The first-order valence-corrected chi connectivity index (χ1v) is 10.6. The summed E-state index contributed by atoms with van der Waals surface area (Å²) < 4.78 is 27.0. The topological polar surface area (TPSA) is 107 Å². The van der Waals surface area contributed by atoms with Crippen LogP contribution in [0.15, 0.2) is 24.3 Å². The van der Waals surface area contributed by atoms with Gasteiger partial charge in [0.15, 0.2) is 15.7 Å². The van der Waals surface area contributed by atoms with Gasteiger partial charge in [0, 0.05) is 12.6 Å². The first-order chi connectivity index (χ1) is 12.4. The highest BCUT2D eigenvalue weighted by atomic mass is 32.2. The number of tetrazole rings is 1. The highest BCUT2D eigenvalue weighted by molar-refractivity contribution is 7.89. The van der Waals surface area contributed by atoms with Gasteiger partial charge < -0.3 is 5.32 Å². The van der Waals surface area contributed by atoms with E-state index >= 15 is 0 Å². The lowest BCUT2D eigenvalue weighted by Gasteiger charge is -2.22. The van der Waals surface area contributed by atoms with Crippen molar-refractivity contribution in [3.05, 3.63) is 35.7 Å². The summed E-state index contributed by atoms with van der Waals surface area (Å²) >= 11 is 0. The Balaban J connectivity index is 1.72. The van der Waals surface area contributed by atoms with Crippen LogP contribution in [0.5, 0.6) is 0 Å². The average molecular weight is 377 g/mol. The zero-order chi connectivity index (χ0) is 18.6. The molecule has 0 spiro atoms. The van der Waals surface area contributed by atoms with Crippen molar-refractivity contribution in [3.8, 4) is 0 Å².